The molecule has 1 rings (SSSR count). The number of hydrogen-bond donors (Lipinski definition) is 0. The fraction of sp³-hybridized carbons (Fsp3) is 0.667. The van der Waals surface area contributed by atoms with Gasteiger partial charge in [0.25, 0.3) is 0 Å². The molecule has 0 aliphatic rings. The summed E-state index contributed by atoms with van der Waals surface area (Å²) in [7, 11) is 0. The van der Waals surface area contributed by atoms with Gasteiger partial charge in [-0.3, -0.25) is 4.98 Å². The Kier molecular flexibility index (Phi) is 6.16. The highest BCUT2D eigenvalue weighted by atomic mass is 35.5. The Morgan fingerprint density at radius 1 is 1.38 bits per heavy atom. The Labute approximate surface area is 102 Å². The summed E-state index contributed by atoms with van der Waals surface area (Å²) in [6.07, 6.45) is 7.92. The molecule has 0 saturated carbocycles. The largest absolute Gasteiger partial charge is 0.476 e. The first-order valence-corrected chi connectivity index (χ1v) is 6.24. The first-order chi connectivity index (χ1) is 7.76. The second-order valence-electron chi connectivity index (χ2n) is 3.91. The highest BCUT2D eigenvalue weighted by Gasteiger charge is 2.07. The van der Waals surface area contributed by atoms with Crippen LogP contribution in [0.2, 0.25) is 5.15 Å². The van der Waals surface area contributed by atoms with E-state index >= 15 is 0 Å². The van der Waals surface area contributed by atoms with E-state index in [0.29, 0.717) is 23.6 Å². The summed E-state index contributed by atoms with van der Waals surface area (Å²) in [4.78, 5) is 7.97. The van der Waals surface area contributed by atoms with E-state index in [1.165, 1.54) is 25.5 Å². The van der Waals surface area contributed by atoms with Crippen molar-refractivity contribution in [1.82, 2.24) is 9.97 Å². The van der Waals surface area contributed by atoms with E-state index in [1.807, 2.05) is 0 Å². The van der Waals surface area contributed by atoms with Crippen molar-refractivity contribution in [3.8, 4) is 5.88 Å². The van der Waals surface area contributed by atoms with Gasteiger partial charge in [-0.2, -0.15) is 4.98 Å². The Bertz CT molecular complexity index is 307. The minimum atomic E-state index is 0.374. The van der Waals surface area contributed by atoms with Crippen LogP contribution < -0.4 is 4.74 Å². The van der Waals surface area contributed by atoms with Gasteiger partial charge in [0.1, 0.15) is 0 Å². The maximum absolute atomic E-state index is 5.72. The molecule has 3 nitrogen and oxygen atoms in total. The molecule has 4 heteroatoms. The van der Waals surface area contributed by atoms with E-state index in [9.17, 15) is 0 Å². The Morgan fingerprint density at radius 3 is 2.81 bits per heavy atom. The highest BCUT2D eigenvalue weighted by molar-refractivity contribution is 6.29. The average Bonchev–Trinajstić information content (AvgIpc) is 2.29. The molecule has 16 heavy (non-hydrogen) atoms. The van der Waals surface area contributed by atoms with Crippen LogP contribution >= 0.6 is 11.6 Å². The summed E-state index contributed by atoms with van der Waals surface area (Å²) in [6, 6.07) is 0. The molecule has 1 unspecified atom stereocenters. The van der Waals surface area contributed by atoms with Gasteiger partial charge in [-0.05, 0) is 12.3 Å². The second kappa shape index (κ2) is 7.44. The number of nitrogens with zero attached hydrogens (tertiary/aromatic N) is 2. The third-order valence-corrected chi connectivity index (χ3v) is 2.78. The van der Waals surface area contributed by atoms with Crippen molar-refractivity contribution < 1.29 is 4.74 Å². The van der Waals surface area contributed by atoms with Gasteiger partial charge in [0, 0.05) is 0 Å². The summed E-state index contributed by atoms with van der Waals surface area (Å²) in [6.45, 7) is 5.09. The van der Waals surface area contributed by atoms with Crippen LogP contribution in [0.4, 0.5) is 0 Å². The molecule has 0 amide bonds. The van der Waals surface area contributed by atoms with E-state index in [0.717, 1.165) is 6.42 Å². The van der Waals surface area contributed by atoms with Crippen LogP contribution in [0.25, 0.3) is 0 Å². The number of aromatic nitrogens is 2. The summed E-state index contributed by atoms with van der Waals surface area (Å²) < 4.78 is 5.58. The van der Waals surface area contributed by atoms with Crippen molar-refractivity contribution in [3.63, 3.8) is 0 Å². The predicted octanol–water partition coefficient (Wildman–Crippen LogP) is 3.73. The van der Waals surface area contributed by atoms with Crippen molar-refractivity contribution in [1.29, 1.82) is 0 Å². The second-order valence-corrected chi connectivity index (χ2v) is 4.29. The molecule has 1 heterocycles. The molecule has 1 aromatic heterocycles. The molecule has 0 radical (unpaired) electrons. The minimum Gasteiger partial charge on any atom is -0.476 e. The summed E-state index contributed by atoms with van der Waals surface area (Å²) >= 11 is 5.72. The first-order valence-electron chi connectivity index (χ1n) is 5.86. The van der Waals surface area contributed by atoms with E-state index in [4.69, 9.17) is 16.3 Å². The number of ether oxygens (including phenoxy) is 1. The van der Waals surface area contributed by atoms with E-state index in [-0.39, 0.29) is 0 Å². The SMILES string of the molecule is CCCCC(CC)COc1cncc(Cl)n1. The van der Waals surface area contributed by atoms with Gasteiger partial charge < -0.3 is 4.74 Å². The normalized spacial score (nSPS) is 12.4. The summed E-state index contributed by atoms with van der Waals surface area (Å²) in [5.74, 6) is 1.11. The van der Waals surface area contributed by atoms with Crippen LogP contribution in [0, 0.1) is 5.92 Å². The average molecular weight is 243 g/mol. The lowest BCUT2D eigenvalue weighted by Crippen LogP contribution is -2.12. The number of hydrogen-bond acceptors (Lipinski definition) is 3. The zero-order valence-electron chi connectivity index (χ0n) is 9.95. The molecule has 1 atom stereocenters. The lowest BCUT2D eigenvalue weighted by molar-refractivity contribution is 0.225. The van der Waals surface area contributed by atoms with Gasteiger partial charge in [0.2, 0.25) is 5.88 Å². The van der Waals surface area contributed by atoms with Crippen molar-refractivity contribution >= 4 is 11.6 Å². The third kappa shape index (κ3) is 4.79. The predicted molar refractivity (Wildman–Crippen MR) is 65.8 cm³/mol. The number of rotatable bonds is 7. The molecule has 0 saturated heterocycles. The summed E-state index contributed by atoms with van der Waals surface area (Å²) in [5, 5.41) is 0.374. The first kappa shape index (κ1) is 13.2. The van der Waals surface area contributed by atoms with Gasteiger partial charge in [-0.15, -0.1) is 0 Å². The number of halogens is 1. The fourth-order valence-corrected chi connectivity index (χ4v) is 1.64. The maximum atomic E-state index is 5.72. The van der Waals surface area contributed by atoms with Gasteiger partial charge >= 0.3 is 0 Å². The van der Waals surface area contributed by atoms with E-state index < -0.39 is 0 Å². The van der Waals surface area contributed by atoms with Crippen LogP contribution in [-0.2, 0) is 0 Å². The van der Waals surface area contributed by atoms with Gasteiger partial charge in [-0.25, -0.2) is 0 Å². The molecule has 0 aromatic carbocycles. The molecular weight excluding hydrogens is 224 g/mol. The molecular formula is C12H19ClN2O. The molecule has 1 aromatic rings. The van der Waals surface area contributed by atoms with Gasteiger partial charge in [0.15, 0.2) is 5.15 Å². The smallest absolute Gasteiger partial charge is 0.233 e. The quantitative estimate of drug-likeness (QED) is 0.731. The van der Waals surface area contributed by atoms with Crippen molar-refractivity contribution in [2.45, 2.75) is 39.5 Å². The molecule has 0 fully saturated rings. The Hall–Kier alpha value is -0.830. The minimum absolute atomic E-state index is 0.374. The molecule has 0 N–H and O–H groups in total. The van der Waals surface area contributed by atoms with Gasteiger partial charge in [0.05, 0.1) is 19.0 Å². The maximum Gasteiger partial charge on any atom is 0.233 e. The van der Waals surface area contributed by atoms with Crippen molar-refractivity contribution in [2.75, 3.05) is 6.61 Å². The van der Waals surface area contributed by atoms with Crippen LogP contribution in [0.3, 0.4) is 0 Å². The zero-order chi connectivity index (χ0) is 11.8. The lowest BCUT2D eigenvalue weighted by atomic mass is 10.0. The van der Waals surface area contributed by atoms with Crippen molar-refractivity contribution in [3.05, 3.63) is 17.5 Å². The lowest BCUT2D eigenvalue weighted by Gasteiger charge is -2.14. The zero-order valence-corrected chi connectivity index (χ0v) is 10.7. The van der Waals surface area contributed by atoms with E-state index in [1.54, 1.807) is 6.20 Å². The highest BCUT2D eigenvalue weighted by Crippen LogP contribution is 2.15. The third-order valence-electron chi connectivity index (χ3n) is 2.59. The molecule has 0 aliphatic heterocycles. The van der Waals surface area contributed by atoms with Crippen LogP contribution in [-0.4, -0.2) is 16.6 Å². The summed E-state index contributed by atoms with van der Waals surface area (Å²) in [5.41, 5.74) is 0. The standard InChI is InChI=1S/C12H19ClN2O/c1-3-5-6-10(4-2)9-16-12-8-14-7-11(13)15-12/h7-8,10H,3-6,9H2,1-2H3. The van der Waals surface area contributed by atoms with Crippen LogP contribution in [0.1, 0.15) is 39.5 Å². The van der Waals surface area contributed by atoms with Crippen LogP contribution in [0.5, 0.6) is 5.88 Å². The molecule has 90 valence electrons. The monoisotopic (exact) mass is 242 g/mol. The molecule has 0 aliphatic carbocycles. The van der Waals surface area contributed by atoms with Crippen molar-refractivity contribution in [2.24, 2.45) is 5.92 Å². The molecule has 0 spiro atoms. The number of unbranched alkanes of at least 4 members (excludes halogenated alkanes) is 1. The Balaban J connectivity index is 2.37. The topological polar surface area (TPSA) is 35.0 Å². The van der Waals surface area contributed by atoms with Crippen LogP contribution in [0.15, 0.2) is 12.4 Å². The van der Waals surface area contributed by atoms with E-state index in [2.05, 4.69) is 23.8 Å². The van der Waals surface area contributed by atoms with Gasteiger partial charge in [-0.1, -0.05) is 44.7 Å². The fourth-order valence-electron chi connectivity index (χ4n) is 1.50. The Morgan fingerprint density at radius 2 is 2.19 bits per heavy atom. The molecule has 0 bridgehead atoms.